The van der Waals surface area contributed by atoms with Gasteiger partial charge in [-0.15, -0.1) is 0 Å². The van der Waals surface area contributed by atoms with Crippen LogP contribution in [0.15, 0.2) is 77.7 Å². The number of para-hydroxylation sites is 2. The van der Waals surface area contributed by atoms with Gasteiger partial charge in [0.2, 0.25) is 0 Å². The number of amides is 1. The predicted octanol–water partition coefficient (Wildman–Crippen LogP) is 4.05. The Morgan fingerprint density at radius 2 is 1.82 bits per heavy atom. The summed E-state index contributed by atoms with van der Waals surface area (Å²) < 4.78 is 39.8. The fourth-order valence-electron chi connectivity index (χ4n) is 3.71. The highest BCUT2D eigenvalue weighted by molar-refractivity contribution is 7.92. The van der Waals surface area contributed by atoms with Crippen molar-refractivity contribution in [2.45, 2.75) is 44.4 Å². The van der Waals surface area contributed by atoms with E-state index in [9.17, 15) is 13.2 Å². The van der Waals surface area contributed by atoms with Crippen molar-refractivity contribution in [3.8, 4) is 11.5 Å². The third-order valence-corrected chi connectivity index (χ3v) is 7.17. The summed E-state index contributed by atoms with van der Waals surface area (Å²) in [6.45, 7) is 5.92. The van der Waals surface area contributed by atoms with Crippen LogP contribution in [-0.4, -0.2) is 33.1 Å². The molecule has 34 heavy (non-hydrogen) atoms. The monoisotopic (exact) mass is 480 g/mol. The number of rotatable bonds is 7. The number of nitrogens with one attached hydrogen (secondary N) is 1. The Labute approximate surface area is 200 Å². The molecule has 0 radical (unpaired) electrons. The van der Waals surface area contributed by atoms with E-state index in [1.807, 2.05) is 45.0 Å². The number of hydrogen-bond acceptors (Lipinski definition) is 5. The Morgan fingerprint density at radius 3 is 2.56 bits per heavy atom. The molecule has 3 aromatic carbocycles. The zero-order valence-electron chi connectivity index (χ0n) is 19.4. The molecule has 0 fully saturated rings. The molecule has 1 N–H and O–H groups in total. The molecule has 1 amide bonds. The normalized spacial score (nSPS) is 15.4. The second-order valence-corrected chi connectivity index (χ2v) is 10.3. The fourth-order valence-corrected chi connectivity index (χ4v) is 5.18. The lowest BCUT2D eigenvalue weighted by Gasteiger charge is -2.34. The standard InChI is InChI=1S/C26H28N2O5S/c1-18(2)32-21-8-6-7-20(15-21)16-27-26(29)25-17-28(23-9-4-5-10-24(23)33-25)34(30,31)22-13-11-19(3)12-14-22/h4-15,18,25H,16-17H2,1-3H3,(H,27,29). The van der Waals surface area contributed by atoms with Crippen molar-refractivity contribution in [3.05, 3.63) is 83.9 Å². The number of carbonyl (C=O) groups excluding carboxylic acids is 1. The van der Waals surface area contributed by atoms with Crippen LogP contribution in [0, 0.1) is 6.92 Å². The van der Waals surface area contributed by atoms with Gasteiger partial charge in [-0.05, 0) is 62.7 Å². The maximum Gasteiger partial charge on any atom is 0.264 e. The molecule has 1 aliphatic heterocycles. The summed E-state index contributed by atoms with van der Waals surface area (Å²) in [5.41, 5.74) is 2.24. The van der Waals surface area contributed by atoms with Crippen molar-refractivity contribution >= 4 is 21.6 Å². The molecule has 8 heteroatoms. The van der Waals surface area contributed by atoms with Crippen molar-refractivity contribution in [1.29, 1.82) is 0 Å². The Bertz CT molecular complexity index is 1270. The second-order valence-electron chi connectivity index (χ2n) is 8.46. The Kier molecular flexibility index (Phi) is 6.79. The molecule has 0 spiro atoms. The average Bonchev–Trinajstić information content (AvgIpc) is 2.82. The number of fused-ring (bicyclic) bond motifs is 1. The van der Waals surface area contributed by atoms with Crippen LogP contribution in [0.1, 0.15) is 25.0 Å². The minimum Gasteiger partial charge on any atom is -0.491 e. The Balaban J connectivity index is 1.54. The number of aryl methyl sites for hydroxylation is 1. The Morgan fingerprint density at radius 1 is 1.09 bits per heavy atom. The van der Waals surface area contributed by atoms with Crippen molar-refractivity contribution in [2.75, 3.05) is 10.8 Å². The highest BCUT2D eigenvalue weighted by atomic mass is 32.2. The molecule has 1 heterocycles. The lowest BCUT2D eigenvalue weighted by Crippen LogP contribution is -2.50. The molecule has 4 rings (SSSR count). The van der Waals surface area contributed by atoms with E-state index in [0.29, 0.717) is 11.4 Å². The molecule has 0 bridgehead atoms. The molecule has 0 aliphatic carbocycles. The molecule has 178 valence electrons. The van der Waals surface area contributed by atoms with E-state index in [-0.39, 0.29) is 24.1 Å². The van der Waals surface area contributed by atoms with Gasteiger partial charge in [0.25, 0.3) is 15.9 Å². The maximum atomic E-state index is 13.5. The molecule has 0 aromatic heterocycles. The van der Waals surface area contributed by atoms with E-state index >= 15 is 0 Å². The number of benzene rings is 3. The van der Waals surface area contributed by atoms with Gasteiger partial charge in [0.1, 0.15) is 11.5 Å². The molecule has 3 aromatic rings. The van der Waals surface area contributed by atoms with E-state index < -0.39 is 22.0 Å². The van der Waals surface area contributed by atoms with Crippen LogP contribution < -0.4 is 19.1 Å². The van der Waals surface area contributed by atoms with Gasteiger partial charge in [-0.25, -0.2) is 8.42 Å². The van der Waals surface area contributed by atoms with Gasteiger partial charge in [0.15, 0.2) is 6.10 Å². The highest BCUT2D eigenvalue weighted by Crippen LogP contribution is 2.36. The van der Waals surface area contributed by atoms with Gasteiger partial charge in [-0.2, -0.15) is 0 Å². The van der Waals surface area contributed by atoms with Crippen molar-refractivity contribution < 1.29 is 22.7 Å². The minimum absolute atomic E-state index is 0.0435. The van der Waals surface area contributed by atoms with Crippen LogP contribution in [0.3, 0.4) is 0 Å². The van der Waals surface area contributed by atoms with Gasteiger partial charge < -0.3 is 14.8 Å². The summed E-state index contributed by atoms with van der Waals surface area (Å²) in [4.78, 5) is 13.2. The van der Waals surface area contributed by atoms with Crippen molar-refractivity contribution in [2.24, 2.45) is 0 Å². The maximum absolute atomic E-state index is 13.5. The smallest absolute Gasteiger partial charge is 0.264 e. The highest BCUT2D eigenvalue weighted by Gasteiger charge is 2.37. The van der Waals surface area contributed by atoms with Crippen LogP contribution in [-0.2, 0) is 21.4 Å². The average molecular weight is 481 g/mol. The van der Waals surface area contributed by atoms with E-state index in [2.05, 4.69) is 5.32 Å². The summed E-state index contributed by atoms with van der Waals surface area (Å²) in [5.74, 6) is 0.672. The summed E-state index contributed by atoms with van der Waals surface area (Å²) in [6, 6.07) is 21.0. The number of anilines is 1. The van der Waals surface area contributed by atoms with Crippen LogP contribution >= 0.6 is 0 Å². The number of sulfonamides is 1. The quantitative estimate of drug-likeness (QED) is 0.551. The zero-order valence-corrected chi connectivity index (χ0v) is 20.2. The summed E-state index contributed by atoms with van der Waals surface area (Å²) in [6.07, 6.45) is -0.952. The molecular weight excluding hydrogens is 452 g/mol. The lowest BCUT2D eigenvalue weighted by molar-refractivity contribution is -0.127. The lowest BCUT2D eigenvalue weighted by atomic mass is 10.2. The summed E-state index contributed by atoms with van der Waals surface area (Å²) >= 11 is 0. The molecule has 1 atom stereocenters. The van der Waals surface area contributed by atoms with E-state index in [1.165, 1.54) is 4.31 Å². The van der Waals surface area contributed by atoms with Gasteiger partial charge in [0.05, 0.1) is 23.2 Å². The van der Waals surface area contributed by atoms with Gasteiger partial charge in [0, 0.05) is 6.54 Å². The first-order chi connectivity index (χ1) is 16.2. The second kappa shape index (κ2) is 9.77. The minimum atomic E-state index is -3.89. The molecular formula is C26H28N2O5S. The first kappa shape index (κ1) is 23.6. The molecule has 7 nitrogen and oxygen atoms in total. The number of hydrogen-bond donors (Lipinski definition) is 1. The van der Waals surface area contributed by atoms with Gasteiger partial charge in [-0.1, -0.05) is 42.0 Å². The Hall–Kier alpha value is -3.52. The molecule has 1 aliphatic rings. The fraction of sp³-hybridized carbons (Fsp3) is 0.269. The largest absolute Gasteiger partial charge is 0.491 e. The van der Waals surface area contributed by atoms with Crippen LogP contribution in [0.5, 0.6) is 11.5 Å². The summed E-state index contributed by atoms with van der Waals surface area (Å²) in [7, 11) is -3.89. The first-order valence-corrected chi connectivity index (χ1v) is 12.6. The van der Waals surface area contributed by atoms with Crippen LogP contribution in [0.25, 0.3) is 0 Å². The van der Waals surface area contributed by atoms with Crippen molar-refractivity contribution in [3.63, 3.8) is 0 Å². The number of ether oxygens (including phenoxy) is 2. The first-order valence-electron chi connectivity index (χ1n) is 11.1. The topological polar surface area (TPSA) is 84.9 Å². The van der Waals surface area contributed by atoms with Crippen LogP contribution in [0.2, 0.25) is 0 Å². The predicted molar refractivity (Wildman–Crippen MR) is 131 cm³/mol. The SMILES string of the molecule is Cc1ccc(S(=O)(=O)N2CC(C(=O)NCc3cccc(OC(C)C)c3)Oc3ccccc32)cc1. The van der Waals surface area contributed by atoms with E-state index in [1.54, 1.807) is 48.5 Å². The van der Waals surface area contributed by atoms with Gasteiger partial charge in [-0.3, -0.25) is 9.10 Å². The molecule has 1 unspecified atom stereocenters. The number of carbonyl (C=O) groups is 1. The van der Waals surface area contributed by atoms with Gasteiger partial charge >= 0.3 is 0 Å². The van der Waals surface area contributed by atoms with Crippen LogP contribution in [0.4, 0.5) is 5.69 Å². The third-order valence-electron chi connectivity index (χ3n) is 5.37. The number of nitrogens with zero attached hydrogens (tertiary/aromatic N) is 1. The van der Waals surface area contributed by atoms with Crippen molar-refractivity contribution in [1.82, 2.24) is 5.32 Å². The summed E-state index contributed by atoms with van der Waals surface area (Å²) in [5, 5.41) is 2.86. The van der Waals surface area contributed by atoms with E-state index in [4.69, 9.17) is 9.47 Å². The zero-order chi connectivity index (χ0) is 24.3. The third kappa shape index (κ3) is 5.17. The van der Waals surface area contributed by atoms with E-state index in [0.717, 1.165) is 16.9 Å². The molecule has 0 saturated carbocycles. The molecule has 0 saturated heterocycles.